The van der Waals surface area contributed by atoms with E-state index >= 15 is 0 Å². The van der Waals surface area contributed by atoms with Crippen molar-refractivity contribution in [3.05, 3.63) is 53.6 Å². The number of hydrogen-bond acceptors (Lipinski definition) is 13. The molecule has 0 saturated carbocycles. The van der Waals surface area contributed by atoms with E-state index in [1.807, 2.05) is 12.1 Å². The molecule has 14 heteroatoms. The Labute approximate surface area is 263 Å². The zero-order valence-corrected chi connectivity index (χ0v) is 25.1. The number of anilines is 1. The minimum atomic E-state index is -2.36. The van der Waals surface area contributed by atoms with Crippen molar-refractivity contribution in [1.29, 1.82) is 0 Å². The number of rotatable bonds is 6. The fourth-order valence-corrected chi connectivity index (χ4v) is 6.99. The number of benzene rings is 3. The summed E-state index contributed by atoms with van der Waals surface area (Å²) in [6.45, 7) is -0.495. The van der Waals surface area contributed by atoms with Crippen LogP contribution in [0.3, 0.4) is 0 Å². The van der Waals surface area contributed by atoms with Crippen LogP contribution >= 0.6 is 0 Å². The van der Waals surface area contributed by atoms with Crippen molar-refractivity contribution in [2.24, 2.45) is 0 Å². The lowest BCUT2D eigenvalue weighted by molar-refractivity contribution is -0.354. The van der Waals surface area contributed by atoms with Crippen molar-refractivity contribution in [3.8, 4) is 45.6 Å². The van der Waals surface area contributed by atoms with Gasteiger partial charge in [-0.15, -0.1) is 0 Å². The van der Waals surface area contributed by atoms with Gasteiger partial charge >= 0.3 is 5.97 Å². The van der Waals surface area contributed by atoms with Crippen molar-refractivity contribution in [1.82, 2.24) is 5.32 Å². The molecule has 0 bridgehead atoms. The first-order valence-electron chi connectivity index (χ1n) is 14.7. The number of phenols is 1. The number of ether oxygens (including phenoxy) is 6. The number of fused-ring (bicyclic) bond motifs is 7. The summed E-state index contributed by atoms with van der Waals surface area (Å²) in [6, 6.07) is 11.9. The van der Waals surface area contributed by atoms with Crippen LogP contribution in [0.25, 0.3) is 11.1 Å². The number of aliphatic hydroxyl groups is 3. The topological polar surface area (TPSA) is 198 Å². The summed E-state index contributed by atoms with van der Waals surface area (Å²) in [5.41, 5.74) is 0.700. The maximum atomic E-state index is 12.5. The molecule has 0 radical (unpaired) electrons. The van der Waals surface area contributed by atoms with Crippen LogP contribution in [0.5, 0.6) is 34.5 Å². The molecule has 46 heavy (non-hydrogen) atoms. The second kappa shape index (κ2) is 10.8. The molecule has 7 N–H and O–H groups in total. The molecule has 7 atom stereocenters. The Morgan fingerprint density at radius 3 is 2.59 bits per heavy atom. The van der Waals surface area contributed by atoms with Gasteiger partial charge in [0.25, 0.3) is 5.79 Å². The quantitative estimate of drug-likeness (QED) is 0.204. The number of aliphatic carboxylic acids is 1. The first-order chi connectivity index (χ1) is 22.1. The predicted octanol–water partition coefficient (Wildman–Crippen LogP) is 1.34. The second-order valence-electron chi connectivity index (χ2n) is 11.7. The smallest absolute Gasteiger partial charge is 0.340 e. The van der Waals surface area contributed by atoms with E-state index in [9.17, 15) is 30.3 Å². The van der Waals surface area contributed by atoms with Crippen LogP contribution in [0.4, 0.5) is 5.69 Å². The van der Waals surface area contributed by atoms with Crippen LogP contribution in [0.2, 0.25) is 0 Å². The van der Waals surface area contributed by atoms with Gasteiger partial charge in [0.1, 0.15) is 35.9 Å². The Bertz CT molecular complexity index is 1720. The van der Waals surface area contributed by atoms with Gasteiger partial charge in [0.2, 0.25) is 11.4 Å². The Morgan fingerprint density at radius 1 is 1.09 bits per heavy atom. The molecule has 1 saturated heterocycles. The van der Waals surface area contributed by atoms with Gasteiger partial charge < -0.3 is 64.6 Å². The summed E-state index contributed by atoms with van der Waals surface area (Å²) in [7, 11) is 4.54. The standard InChI is InChI=1S/C32H34N2O12/c1-33-12-31(30(39)40)28(37)23(36)29(38)32(46-31)13-34-22-20(45-32)10-17(14-5-4-6-15(35)9-14)21-24-18(11-43-27(21)22)16-7-8-19(41-2)26(42-3)25(16)44-24/h4-10,18,23-24,28-29,33-38H,11-13H2,1-3H3,(H,39,40)/t18-,23-,24+,28-,29+,31-,32+/m0/s1. The monoisotopic (exact) mass is 638 g/mol. The largest absolute Gasteiger partial charge is 0.508 e. The molecule has 3 aromatic rings. The zero-order valence-electron chi connectivity index (χ0n) is 25.1. The van der Waals surface area contributed by atoms with E-state index in [4.69, 9.17) is 28.4 Å². The molecule has 244 valence electrons. The molecule has 4 aliphatic heterocycles. The molecule has 0 aromatic heterocycles. The summed E-state index contributed by atoms with van der Waals surface area (Å²) in [5, 5.41) is 59.3. The zero-order chi connectivity index (χ0) is 32.5. The third-order valence-electron chi connectivity index (χ3n) is 9.20. The summed E-state index contributed by atoms with van der Waals surface area (Å²) >= 11 is 0. The summed E-state index contributed by atoms with van der Waals surface area (Å²) in [6.07, 6.45) is -6.32. The second-order valence-corrected chi connectivity index (χ2v) is 11.7. The highest BCUT2D eigenvalue weighted by Crippen LogP contribution is 2.61. The molecule has 7 rings (SSSR count). The van der Waals surface area contributed by atoms with E-state index in [1.54, 1.807) is 31.4 Å². The predicted molar refractivity (Wildman–Crippen MR) is 160 cm³/mol. The minimum absolute atomic E-state index is 0.0104. The van der Waals surface area contributed by atoms with Crippen molar-refractivity contribution < 1.29 is 58.7 Å². The Morgan fingerprint density at radius 2 is 1.89 bits per heavy atom. The third kappa shape index (κ3) is 4.18. The van der Waals surface area contributed by atoms with Crippen molar-refractivity contribution in [2.45, 2.75) is 41.7 Å². The molecule has 0 aliphatic carbocycles. The molecule has 1 fully saturated rings. The lowest BCUT2D eigenvalue weighted by atomic mass is 9.81. The number of likely N-dealkylation sites (N-methyl/N-ethyl adjacent to an activating group) is 1. The Kier molecular flexibility index (Phi) is 7.10. The van der Waals surface area contributed by atoms with Crippen molar-refractivity contribution in [3.63, 3.8) is 0 Å². The minimum Gasteiger partial charge on any atom is -0.508 e. The fraction of sp³-hybridized carbons (Fsp3) is 0.406. The number of carbonyl (C=O) groups is 1. The number of carboxylic acid groups (broad SMARTS) is 1. The van der Waals surface area contributed by atoms with Crippen LogP contribution in [-0.4, -0.2) is 102 Å². The first-order valence-corrected chi connectivity index (χ1v) is 14.7. The van der Waals surface area contributed by atoms with Crippen LogP contribution in [0.1, 0.15) is 23.1 Å². The maximum absolute atomic E-state index is 12.5. The molecule has 3 aromatic carbocycles. The molecule has 0 unspecified atom stereocenters. The highest BCUT2D eigenvalue weighted by atomic mass is 16.7. The highest BCUT2D eigenvalue weighted by Gasteiger charge is 2.66. The normalized spacial score (nSPS) is 30.3. The van der Waals surface area contributed by atoms with Gasteiger partial charge in [-0.1, -0.05) is 18.2 Å². The third-order valence-corrected chi connectivity index (χ3v) is 9.20. The number of carboxylic acids is 1. The average molecular weight is 639 g/mol. The van der Waals surface area contributed by atoms with Crippen LogP contribution < -0.4 is 34.3 Å². The first kappa shape index (κ1) is 30.2. The number of nitrogens with one attached hydrogen (secondary N) is 2. The van der Waals surface area contributed by atoms with Gasteiger partial charge in [-0.05, 0) is 42.4 Å². The molecule has 4 aliphatic rings. The number of aromatic hydroxyl groups is 1. The molecule has 14 nitrogen and oxygen atoms in total. The van der Waals surface area contributed by atoms with E-state index in [0.717, 1.165) is 5.56 Å². The molecular formula is C32H34N2O12. The van der Waals surface area contributed by atoms with E-state index < -0.39 is 48.3 Å². The number of methoxy groups -OCH3 is 2. The van der Waals surface area contributed by atoms with E-state index in [-0.39, 0.29) is 30.6 Å². The van der Waals surface area contributed by atoms with Crippen LogP contribution in [0.15, 0.2) is 42.5 Å². The van der Waals surface area contributed by atoms with Gasteiger partial charge in [0.05, 0.1) is 33.3 Å². The summed E-state index contributed by atoms with van der Waals surface area (Å²) < 4.78 is 36.5. The number of hydrogen-bond donors (Lipinski definition) is 7. The lowest BCUT2D eigenvalue weighted by Crippen LogP contribution is -2.77. The van der Waals surface area contributed by atoms with E-state index in [2.05, 4.69) is 10.6 Å². The number of phenolic OH excluding ortho intramolecular Hbond substituents is 1. The number of aliphatic hydroxyl groups excluding tert-OH is 3. The fourth-order valence-electron chi connectivity index (χ4n) is 6.99. The summed E-state index contributed by atoms with van der Waals surface area (Å²) in [4.78, 5) is 12.5. The summed E-state index contributed by atoms with van der Waals surface area (Å²) in [5.74, 6) is -1.93. The SMILES string of the molecule is CNC[C@]1(C(=O)O)O[C@]2(CNc3c(cc(-c4cccc(O)c4)c4c3OC[C@H]3c5ccc(OC)c(OC)c5O[C@@H]43)O2)[C@H](O)[C@@H](O)[C@@H]1O. The molecule has 0 amide bonds. The van der Waals surface area contributed by atoms with Crippen molar-refractivity contribution >= 4 is 11.7 Å². The maximum Gasteiger partial charge on any atom is 0.340 e. The molecule has 4 heterocycles. The van der Waals surface area contributed by atoms with E-state index in [1.165, 1.54) is 20.2 Å². The van der Waals surface area contributed by atoms with Gasteiger partial charge in [0, 0.05) is 17.7 Å². The van der Waals surface area contributed by atoms with Gasteiger partial charge in [-0.2, -0.15) is 0 Å². The lowest BCUT2D eigenvalue weighted by Gasteiger charge is -2.53. The van der Waals surface area contributed by atoms with Crippen LogP contribution in [0, 0.1) is 0 Å². The highest BCUT2D eigenvalue weighted by molar-refractivity contribution is 5.84. The van der Waals surface area contributed by atoms with Gasteiger partial charge in [0.15, 0.2) is 23.0 Å². The van der Waals surface area contributed by atoms with Crippen molar-refractivity contribution in [2.75, 3.05) is 46.3 Å². The van der Waals surface area contributed by atoms with E-state index in [0.29, 0.717) is 45.4 Å². The average Bonchev–Trinajstić information content (AvgIpc) is 3.44. The molecular weight excluding hydrogens is 604 g/mol. The van der Waals surface area contributed by atoms with Gasteiger partial charge in [-0.3, -0.25) is 0 Å². The Balaban J connectivity index is 1.38. The van der Waals surface area contributed by atoms with Gasteiger partial charge in [-0.25, -0.2) is 4.79 Å². The molecule has 1 spiro atoms. The Hall–Kier alpha value is -4.47. The van der Waals surface area contributed by atoms with Crippen LogP contribution in [-0.2, 0) is 9.53 Å².